The number of thioether (sulfide) groups is 1. The van der Waals surface area contributed by atoms with Crippen molar-refractivity contribution in [1.29, 1.82) is 0 Å². The molecule has 2 heterocycles. The van der Waals surface area contributed by atoms with Gasteiger partial charge in [-0.2, -0.15) is 0 Å². The van der Waals surface area contributed by atoms with Crippen molar-refractivity contribution in [3.05, 3.63) is 89.0 Å². The number of rotatable bonds is 6. The van der Waals surface area contributed by atoms with Gasteiger partial charge in [-0.25, -0.2) is 4.39 Å². The molecule has 1 aliphatic heterocycles. The minimum atomic E-state index is -0.958. The Morgan fingerprint density at radius 3 is 2.45 bits per heavy atom. The van der Waals surface area contributed by atoms with Gasteiger partial charge in [0.25, 0.3) is 0 Å². The summed E-state index contributed by atoms with van der Waals surface area (Å²) in [5, 5.41) is 11.0. The average molecular weight is 438 g/mol. The van der Waals surface area contributed by atoms with Crippen molar-refractivity contribution in [2.45, 2.75) is 24.5 Å². The van der Waals surface area contributed by atoms with Crippen molar-refractivity contribution in [3.63, 3.8) is 0 Å². The summed E-state index contributed by atoms with van der Waals surface area (Å²) in [6.07, 6.45) is 2.78. The zero-order valence-corrected chi connectivity index (χ0v) is 18.8. The van der Waals surface area contributed by atoms with Gasteiger partial charge in [0.05, 0.1) is 11.4 Å². The van der Waals surface area contributed by atoms with Crippen LogP contribution in [0.15, 0.2) is 65.7 Å². The number of benzene rings is 2. The summed E-state index contributed by atoms with van der Waals surface area (Å²) in [6.45, 7) is 5.92. The Kier molecular flexibility index (Phi) is 6.90. The van der Waals surface area contributed by atoms with Gasteiger partial charge in [0.15, 0.2) is 0 Å². The van der Waals surface area contributed by atoms with Crippen LogP contribution in [0.4, 0.5) is 10.1 Å². The molecule has 162 valence electrons. The molecule has 0 spiro atoms. The summed E-state index contributed by atoms with van der Waals surface area (Å²) < 4.78 is 14.9. The van der Waals surface area contributed by atoms with Crippen LogP contribution in [0.2, 0.25) is 0 Å². The fourth-order valence-electron chi connectivity index (χ4n) is 4.14. The molecule has 1 atom stereocenters. The number of aliphatic hydroxyl groups excluding tert-OH is 1. The van der Waals surface area contributed by atoms with Crippen LogP contribution in [0.3, 0.4) is 0 Å². The summed E-state index contributed by atoms with van der Waals surface area (Å²) in [4.78, 5) is 10.1. The first-order chi connectivity index (χ1) is 15.1. The molecule has 1 aromatic heterocycles. The Bertz CT molecular complexity index is 1020. The first-order valence-corrected chi connectivity index (χ1v) is 11.8. The summed E-state index contributed by atoms with van der Waals surface area (Å²) in [7, 11) is 0. The minimum Gasteiger partial charge on any atom is -0.382 e. The molecule has 1 saturated heterocycles. The van der Waals surface area contributed by atoms with Crippen LogP contribution in [0.5, 0.6) is 0 Å². The average Bonchev–Trinajstić information content (AvgIpc) is 2.80. The van der Waals surface area contributed by atoms with Gasteiger partial charge in [0.1, 0.15) is 11.9 Å². The van der Waals surface area contributed by atoms with Gasteiger partial charge in [-0.15, -0.1) is 11.8 Å². The molecule has 31 heavy (non-hydrogen) atoms. The summed E-state index contributed by atoms with van der Waals surface area (Å²) in [6, 6.07) is 17.3. The third-order valence-corrected chi connectivity index (χ3v) is 6.62. The number of pyridine rings is 1. The van der Waals surface area contributed by atoms with Crippen LogP contribution < -0.4 is 4.90 Å². The molecule has 1 fully saturated rings. The Hall–Kier alpha value is -2.41. The van der Waals surface area contributed by atoms with Crippen molar-refractivity contribution in [2.24, 2.45) is 0 Å². The lowest BCUT2D eigenvalue weighted by Crippen LogP contribution is -2.46. The molecule has 0 radical (unpaired) electrons. The van der Waals surface area contributed by atoms with Gasteiger partial charge in [0.2, 0.25) is 0 Å². The zero-order chi connectivity index (χ0) is 21.8. The predicted octanol–water partition coefficient (Wildman–Crippen LogP) is 4.65. The van der Waals surface area contributed by atoms with Crippen LogP contribution in [0.25, 0.3) is 0 Å². The van der Waals surface area contributed by atoms with Crippen molar-refractivity contribution < 1.29 is 9.50 Å². The van der Waals surface area contributed by atoms with Crippen LogP contribution in [0, 0.1) is 12.7 Å². The van der Waals surface area contributed by atoms with Gasteiger partial charge in [-0.3, -0.25) is 9.88 Å². The van der Waals surface area contributed by atoms with E-state index >= 15 is 0 Å². The standard InChI is InChI=1S/C25H28FN3OS/c1-18-5-4-12-27-23(18)25(30)21-6-3-7-22(26)24(21)29-15-13-28(14-16-29)17-19-8-10-20(31-2)11-9-19/h3-12,25,30H,13-17H2,1-2H3/t25-/m0/s1. The number of aliphatic hydroxyl groups is 1. The number of aromatic nitrogens is 1. The van der Waals surface area contributed by atoms with E-state index in [-0.39, 0.29) is 5.82 Å². The Balaban J connectivity index is 1.49. The Morgan fingerprint density at radius 1 is 1.03 bits per heavy atom. The first-order valence-electron chi connectivity index (χ1n) is 10.5. The molecular formula is C25H28FN3OS. The van der Waals surface area contributed by atoms with Gasteiger partial charge in [-0.1, -0.05) is 30.3 Å². The number of halogens is 1. The third kappa shape index (κ3) is 4.92. The number of aryl methyl sites for hydroxylation is 1. The largest absolute Gasteiger partial charge is 0.382 e. The number of para-hydroxylation sites is 1. The van der Waals surface area contributed by atoms with E-state index in [2.05, 4.69) is 45.3 Å². The van der Waals surface area contributed by atoms with E-state index in [1.54, 1.807) is 30.1 Å². The quantitative estimate of drug-likeness (QED) is 0.568. The Morgan fingerprint density at radius 2 is 1.77 bits per heavy atom. The number of anilines is 1. The summed E-state index contributed by atoms with van der Waals surface area (Å²) in [5.41, 5.74) is 3.81. The molecule has 0 bridgehead atoms. The highest BCUT2D eigenvalue weighted by Gasteiger charge is 2.26. The highest BCUT2D eigenvalue weighted by Crippen LogP contribution is 2.34. The molecule has 4 rings (SSSR count). The van der Waals surface area contributed by atoms with E-state index in [1.807, 2.05) is 19.1 Å². The minimum absolute atomic E-state index is 0.300. The number of hydrogen-bond donors (Lipinski definition) is 1. The molecule has 0 amide bonds. The van der Waals surface area contributed by atoms with Crippen molar-refractivity contribution in [3.8, 4) is 0 Å². The zero-order valence-electron chi connectivity index (χ0n) is 18.0. The second kappa shape index (κ2) is 9.81. The van der Waals surface area contributed by atoms with Gasteiger partial charge < -0.3 is 10.0 Å². The normalized spacial score (nSPS) is 15.8. The van der Waals surface area contributed by atoms with Crippen molar-refractivity contribution >= 4 is 17.4 Å². The van der Waals surface area contributed by atoms with Crippen LogP contribution in [0.1, 0.15) is 28.5 Å². The molecule has 0 aliphatic carbocycles. The van der Waals surface area contributed by atoms with E-state index in [1.165, 1.54) is 16.5 Å². The van der Waals surface area contributed by atoms with Crippen molar-refractivity contribution in [1.82, 2.24) is 9.88 Å². The fourth-order valence-corrected chi connectivity index (χ4v) is 4.54. The summed E-state index contributed by atoms with van der Waals surface area (Å²) in [5.74, 6) is -0.300. The van der Waals surface area contributed by atoms with E-state index in [4.69, 9.17) is 0 Å². The van der Waals surface area contributed by atoms with Crippen LogP contribution in [-0.2, 0) is 6.54 Å². The molecule has 2 aromatic carbocycles. The SMILES string of the molecule is CSc1ccc(CN2CCN(c3c(F)cccc3[C@H](O)c3ncccc3C)CC2)cc1. The van der Waals surface area contributed by atoms with Gasteiger partial charge in [-0.05, 0) is 48.6 Å². The maximum Gasteiger partial charge on any atom is 0.146 e. The molecule has 3 aromatic rings. The molecule has 1 N–H and O–H groups in total. The van der Waals surface area contributed by atoms with E-state index < -0.39 is 6.10 Å². The molecule has 4 nitrogen and oxygen atoms in total. The number of hydrogen-bond acceptors (Lipinski definition) is 5. The first kappa shape index (κ1) is 21.8. The van der Waals surface area contributed by atoms with Crippen molar-refractivity contribution in [2.75, 3.05) is 37.3 Å². The molecule has 0 saturated carbocycles. The lowest BCUT2D eigenvalue weighted by Gasteiger charge is -2.37. The molecule has 6 heteroatoms. The highest BCUT2D eigenvalue weighted by molar-refractivity contribution is 7.98. The third-order valence-electron chi connectivity index (χ3n) is 5.88. The smallest absolute Gasteiger partial charge is 0.146 e. The highest BCUT2D eigenvalue weighted by atomic mass is 32.2. The second-order valence-electron chi connectivity index (χ2n) is 7.90. The summed E-state index contributed by atoms with van der Waals surface area (Å²) >= 11 is 1.74. The molecule has 0 unspecified atom stereocenters. The Labute approximate surface area is 187 Å². The van der Waals surface area contributed by atoms with E-state index in [0.29, 0.717) is 30.0 Å². The van der Waals surface area contributed by atoms with Gasteiger partial charge in [0, 0.05) is 49.4 Å². The lowest BCUT2D eigenvalue weighted by atomic mass is 9.99. The van der Waals surface area contributed by atoms with Crippen LogP contribution in [-0.4, -0.2) is 47.4 Å². The maximum absolute atomic E-state index is 14.9. The predicted molar refractivity (Wildman–Crippen MR) is 125 cm³/mol. The fraction of sp³-hybridized carbons (Fsp3) is 0.320. The lowest BCUT2D eigenvalue weighted by molar-refractivity contribution is 0.213. The second-order valence-corrected chi connectivity index (χ2v) is 8.78. The number of nitrogens with zero attached hydrogens (tertiary/aromatic N) is 3. The van der Waals surface area contributed by atoms with E-state index in [0.717, 1.165) is 25.2 Å². The van der Waals surface area contributed by atoms with Crippen LogP contribution >= 0.6 is 11.8 Å². The van der Waals surface area contributed by atoms with E-state index in [9.17, 15) is 9.50 Å². The maximum atomic E-state index is 14.9. The number of piperazine rings is 1. The monoisotopic (exact) mass is 437 g/mol. The molecular weight excluding hydrogens is 409 g/mol. The molecule has 1 aliphatic rings. The van der Waals surface area contributed by atoms with Gasteiger partial charge >= 0.3 is 0 Å². The topological polar surface area (TPSA) is 39.6 Å².